The van der Waals surface area contributed by atoms with Gasteiger partial charge in [-0.3, -0.25) is 4.90 Å². The molecule has 0 unspecified atom stereocenters. The lowest BCUT2D eigenvalue weighted by Gasteiger charge is -2.16. The highest BCUT2D eigenvalue weighted by Crippen LogP contribution is 2.29. The van der Waals surface area contributed by atoms with E-state index in [1.54, 1.807) is 0 Å². The maximum absolute atomic E-state index is 11.5. The van der Waals surface area contributed by atoms with Crippen LogP contribution in [0.25, 0.3) is 11.3 Å². The molecule has 0 saturated carbocycles. The Hall–Kier alpha value is -2.24. The highest BCUT2D eigenvalue weighted by Gasteiger charge is 2.19. The zero-order valence-electron chi connectivity index (χ0n) is 12.2. The van der Waals surface area contributed by atoms with Crippen molar-refractivity contribution in [2.75, 3.05) is 13.1 Å². The van der Waals surface area contributed by atoms with Gasteiger partial charge in [-0.15, -0.1) is 24.5 Å². The summed E-state index contributed by atoms with van der Waals surface area (Å²) in [6.07, 6.45) is 3.63. The summed E-state index contributed by atoms with van der Waals surface area (Å²) >= 11 is 1.22. The summed E-state index contributed by atoms with van der Waals surface area (Å²) in [5.41, 5.74) is 1.35. The van der Waals surface area contributed by atoms with Crippen LogP contribution in [0.2, 0.25) is 0 Å². The van der Waals surface area contributed by atoms with E-state index < -0.39 is 5.97 Å². The van der Waals surface area contributed by atoms with Gasteiger partial charge in [0.25, 0.3) is 0 Å². The van der Waals surface area contributed by atoms with Crippen molar-refractivity contribution in [3.8, 4) is 11.3 Å². The number of hydrogen-bond donors (Lipinski definition) is 1. The molecule has 1 aromatic heterocycles. The average Bonchev–Trinajstić information content (AvgIpc) is 2.93. The van der Waals surface area contributed by atoms with E-state index in [9.17, 15) is 9.90 Å². The predicted molar refractivity (Wildman–Crippen MR) is 90.2 cm³/mol. The third kappa shape index (κ3) is 3.90. The number of aromatic carboxylic acids is 1. The van der Waals surface area contributed by atoms with Crippen LogP contribution in [-0.4, -0.2) is 34.0 Å². The minimum absolute atomic E-state index is 0.276. The van der Waals surface area contributed by atoms with Crippen LogP contribution in [0.5, 0.6) is 0 Å². The van der Waals surface area contributed by atoms with Gasteiger partial charge < -0.3 is 5.11 Å². The van der Waals surface area contributed by atoms with E-state index in [1.807, 2.05) is 42.5 Å². The van der Waals surface area contributed by atoms with Crippen molar-refractivity contribution in [3.05, 3.63) is 65.5 Å². The van der Waals surface area contributed by atoms with E-state index in [1.165, 1.54) is 11.3 Å². The average molecular weight is 314 g/mol. The van der Waals surface area contributed by atoms with Gasteiger partial charge in [-0.1, -0.05) is 42.5 Å². The van der Waals surface area contributed by atoms with E-state index in [4.69, 9.17) is 0 Å². The highest BCUT2D eigenvalue weighted by molar-refractivity contribution is 7.14. The first-order chi connectivity index (χ1) is 10.7. The molecular weight excluding hydrogens is 296 g/mol. The first kappa shape index (κ1) is 16.1. The Kier molecular flexibility index (Phi) is 5.63. The molecule has 0 radical (unpaired) electrons. The summed E-state index contributed by atoms with van der Waals surface area (Å²) in [5.74, 6) is -0.943. The summed E-state index contributed by atoms with van der Waals surface area (Å²) in [4.78, 5) is 18.4. The lowest BCUT2D eigenvalue weighted by molar-refractivity contribution is 0.0702. The van der Waals surface area contributed by atoms with Crippen molar-refractivity contribution in [3.63, 3.8) is 0 Å². The van der Waals surface area contributed by atoms with E-state index in [2.05, 4.69) is 23.0 Å². The first-order valence-electron chi connectivity index (χ1n) is 6.88. The Labute approximate surface area is 134 Å². The van der Waals surface area contributed by atoms with Gasteiger partial charge >= 0.3 is 5.97 Å². The molecule has 0 fully saturated rings. The van der Waals surface area contributed by atoms with Crippen molar-refractivity contribution in [1.82, 2.24) is 9.88 Å². The molecule has 2 aromatic rings. The molecule has 0 spiro atoms. The molecule has 0 aliphatic heterocycles. The monoisotopic (exact) mass is 314 g/mol. The standard InChI is InChI=1S/C17H18N2O2S/c1-3-10-19(11-4-2)12-14-18-15(16(22-14)17(20)21)13-8-6-5-7-9-13/h3-9H,1-2,10-12H2,(H,20,21). The van der Waals surface area contributed by atoms with Crippen LogP contribution in [0.3, 0.4) is 0 Å². The molecule has 0 aliphatic rings. The number of nitrogens with zero attached hydrogens (tertiary/aromatic N) is 2. The highest BCUT2D eigenvalue weighted by atomic mass is 32.1. The Balaban J connectivity index is 2.32. The number of rotatable bonds is 8. The van der Waals surface area contributed by atoms with Crippen LogP contribution in [0.15, 0.2) is 55.6 Å². The molecule has 1 aromatic carbocycles. The first-order valence-corrected chi connectivity index (χ1v) is 7.70. The van der Waals surface area contributed by atoms with E-state index >= 15 is 0 Å². The van der Waals surface area contributed by atoms with Gasteiger partial charge in [-0.2, -0.15) is 0 Å². The molecule has 0 amide bonds. The molecule has 114 valence electrons. The van der Waals surface area contributed by atoms with Crippen LogP contribution in [0, 0.1) is 0 Å². The summed E-state index contributed by atoms with van der Waals surface area (Å²) in [5, 5.41) is 10.2. The number of hydrogen-bond acceptors (Lipinski definition) is 4. The molecule has 4 nitrogen and oxygen atoms in total. The fourth-order valence-electron chi connectivity index (χ4n) is 2.13. The maximum atomic E-state index is 11.5. The van der Waals surface area contributed by atoms with Gasteiger partial charge in [-0.05, 0) is 0 Å². The second-order valence-electron chi connectivity index (χ2n) is 4.73. The fourth-order valence-corrected chi connectivity index (χ4v) is 3.10. The molecule has 1 N–H and O–H groups in total. The summed E-state index contributed by atoms with van der Waals surface area (Å²) in [6.45, 7) is 9.46. The van der Waals surface area contributed by atoms with Crippen molar-refractivity contribution in [1.29, 1.82) is 0 Å². The van der Waals surface area contributed by atoms with E-state index in [0.29, 0.717) is 25.3 Å². The summed E-state index contributed by atoms with van der Waals surface area (Å²) < 4.78 is 0. The number of carboxylic acid groups (broad SMARTS) is 1. The lowest BCUT2D eigenvalue weighted by atomic mass is 10.1. The number of benzene rings is 1. The van der Waals surface area contributed by atoms with Crippen LogP contribution < -0.4 is 0 Å². The van der Waals surface area contributed by atoms with Crippen molar-refractivity contribution in [2.24, 2.45) is 0 Å². The number of aromatic nitrogens is 1. The van der Waals surface area contributed by atoms with Crippen LogP contribution in [-0.2, 0) is 6.54 Å². The predicted octanol–water partition coefficient (Wildman–Crippen LogP) is 3.68. The largest absolute Gasteiger partial charge is 0.477 e. The summed E-state index contributed by atoms with van der Waals surface area (Å²) in [6, 6.07) is 9.39. The number of thiazole rings is 1. The zero-order chi connectivity index (χ0) is 15.9. The topological polar surface area (TPSA) is 53.4 Å². The van der Waals surface area contributed by atoms with Crippen LogP contribution in [0.4, 0.5) is 0 Å². The smallest absolute Gasteiger partial charge is 0.348 e. The van der Waals surface area contributed by atoms with Gasteiger partial charge in [0.15, 0.2) is 0 Å². The van der Waals surface area contributed by atoms with Gasteiger partial charge in [-0.25, -0.2) is 9.78 Å². The normalized spacial score (nSPS) is 10.6. The second-order valence-corrected chi connectivity index (χ2v) is 5.81. The van der Waals surface area contributed by atoms with E-state index in [0.717, 1.165) is 10.6 Å². The van der Waals surface area contributed by atoms with Gasteiger partial charge in [0, 0.05) is 18.7 Å². The van der Waals surface area contributed by atoms with Crippen molar-refractivity contribution < 1.29 is 9.90 Å². The minimum Gasteiger partial charge on any atom is -0.477 e. The molecule has 0 saturated heterocycles. The number of carbonyl (C=O) groups is 1. The SMILES string of the molecule is C=CCN(CC=C)Cc1nc(-c2ccccc2)c(C(=O)O)s1. The Morgan fingerprint density at radius 1 is 1.23 bits per heavy atom. The quantitative estimate of drug-likeness (QED) is 0.755. The Morgan fingerprint density at radius 2 is 1.86 bits per heavy atom. The van der Waals surface area contributed by atoms with Gasteiger partial charge in [0.05, 0.1) is 12.2 Å². The molecular formula is C17H18N2O2S. The molecule has 0 bridgehead atoms. The minimum atomic E-state index is -0.943. The molecule has 2 rings (SSSR count). The summed E-state index contributed by atoms with van der Waals surface area (Å²) in [7, 11) is 0. The maximum Gasteiger partial charge on any atom is 0.348 e. The fraction of sp³-hybridized carbons (Fsp3) is 0.176. The third-order valence-electron chi connectivity index (χ3n) is 3.05. The van der Waals surface area contributed by atoms with Crippen molar-refractivity contribution in [2.45, 2.75) is 6.54 Å². The third-order valence-corrected chi connectivity index (χ3v) is 4.07. The van der Waals surface area contributed by atoms with Gasteiger partial charge in [0.1, 0.15) is 9.88 Å². The number of carboxylic acids is 1. The second kappa shape index (κ2) is 7.68. The Morgan fingerprint density at radius 3 is 2.41 bits per heavy atom. The molecule has 5 heteroatoms. The lowest BCUT2D eigenvalue weighted by Crippen LogP contribution is -2.23. The molecule has 0 aliphatic carbocycles. The zero-order valence-corrected chi connectivity index (χ0v) is 13.1. The molecule has 22 heavy (non-hydrogen) atoms. The Bertz CT molecular complexity index is 655. The van der Waals surface area contributed by atoms with Crippen molar-refractivity contribution >= 4 is 17.3 Å². The van der Waals surface area contributed by atoms with Crippen LogP contribution in [0.1, 0.15) is 14.7 Å². The van der Waals surface area contributed by atoms with Crippen LogP contribution >= 0.6 is 11.3 Å². The molecule has 0 atom stereocenters. The van der Waals surface area contributed by atoms with Gasteiger partial charge in [0.2, 0.25) is 0 Å². The molecule has 1 heterocycles. The van der Waals surface area contributed by atoms with E-state index in [-0.39, 0.29) is 4.88 Å².